The molecule has 1 aliphatic rings. The normalized spacial score (nSPS) is 17.6. The number of aldehydes is 1. The Labute approximate surface area is 88.8 Å². The monoisotopic (exact) mass is 234 g/mol. The molecule has 0 aromatic rings. The Morgan fingerprint density at radius 3 is 2.47 bits per heavy atom. The lowest BCUT2D eigenvalue weighted by Gasteiger charge is -2.15. The highest BCUT2D eigenvalue weighted by Gasteiger charge is 2.26. The van der Waals surface area contributed by atoms with Crippen LogP contribution in [0.15, 0.2) is 0 Å². The molecule has 0 bridgehead atoms. The van der Waals surface area contributed by atoms with Crippen molar-refractivity contribution < 1.29 is 18.0 Å². The Balaban J connectivity index is 2.48. The molecule has 0 atom stereocenters. The summed E-state index contributed by atoms with van der Waals surface area (Å²) < 4.78 is 26.2. The van der Waals surface area contributed by atoms with E-state index in [2.05, 4.69) is 0 Å². The van der Waals surface area contributed by atoms with Gasteiger partial charge in [0.15, 0.2) is 0 Å². The zero-order chi connectivity index (χ0) is 11.3. The molecule has 1 aliphatic heterocycles. The van der Waals surface area contributed by atoms with Gasteiger partial charge in [0.2, 0.25) is 5.91 Å². The van der Waals surface area contributed by atoms with Gasteiger partial charge in [-0.15, -0.1) is 0 Å². The number of carbonyl (C=O) groups is 2. The van der Waals surface area contributed by atoms with Crippen LogP contribution in [0.3, 0.4) is 0 Å². The van der Waals surface area contributed by atoms with E-state index in [1.807, 2.05) is 4.72 Å². The van der Waals surface area contributed by atoms with Crippen LogP contribution in [0, 0.1) is 0 Å². The molecule has 15 heavy (non-hydrogen) atoms. The minimum atomic E-state index is -3.67. The molecule has 7 heteroatoms. The quantitative estimate of drug-likeness (QED) is 0.645. The summed E-state index contributed by atoms with van der Waals surface area (Å²) in [5.41, 5.74) is 0. The van der Waals surface area contributed by atoms with Crippen LogP contribution in [0.1, 0.15) is 25.7 Å². The van der Waals surface area contributed by atoms with Crippen LogP contribution in [-0.4, -0.2) is 38.0 Å². The first-order valence-corrected chi connectivity index (χ1v) is 6.24. The van der Waals surface area contributed by atoms with Gasteiger partial charge in [0.1, 0.15) is 6.29 Å². The average molecular weight is 234 g/mol. The lowest BCUT2D eigenvalue weighted by molar-refractivity contribution is -0.121. The first-order valence-electron chi connectivity index (χ1n) is 4.80. The second-order valence-electron chi connectivity index (χ2n) is 3.34. The molecule has 0 spiro atoms. The van der Waals surface area contributed by atoms with Gasteiger partial charge in [-0.3, -0.25) is 4.79 Å². The van der Waals surface area contributed by atoms with Gasteiger partial charge in [0, 0.05) is 25.9 Å². The summed E-state index contributed by atoms with van der Waals surface area (Å²) >= 11 is 0. The summed E-state index contributed by atoms with van der Waals surface area (Å²) in [6, 6.07) is 0. The van der Waals surface area contributed by atoms with E-state index >= 15 is 0 Å². The smallest absolute Gasteiger partial charge is 0.303 e. The SMILES string of the molecule is O=CCCC(=O)NS(=O)(=O)N1CCCC1. The van der Waals surface area contributed by atoms with Gasteiger partial charge in [-0.2, -0.15) is 12.7 Å². The van der Waals surface area contributed by atoms with E-state index in [9.17, 15) is 18.0 Å². The van der Waals surface area contributed by atoms with E-state index in [-0.39, 0.29) is 12.8 Å². The van der Waals surface area contributed by atoms with Crippen LogP contribution in [0.25, 0.3) is 0 Å². The van der Waals surface area contributed by atoms with Crippen LogP contribution < -0.4 is 4.72 Å². The van der Waals surface area contributed by atoms with Crippen LogP contribution in [-0.2, 0) is 19.8 Å². The third-order valence-corrected chi connectivity index (χ3v) is 3.67. The summed E-state index contributed by atoms with van der Waals surface area (Å²) in [4.78, 5) is 21.1. The molecule has 0 radical (unpaired) electrons. The number of rotatable bonds is 5. The third-order valence-electron chi connectivity index (χ3n) is 2.14. The molecule has 1 heterocycles. The Morgan fingerprint density at radius 2 is 1.93 bits per heavy atom. The van der Waals surface area contributed by atoms with E-state index < -0.39 is 16.1 Å². The van der Waals surface area contributed by atoms with Crippen molar-refractivity contribution in [3.8, 4) is 0 Å². The third kappa shape index (κ3) is 3.60. The van der Waals surface area contributed by atoms with Crippen molar-refractivity contribution in [2.75, 3.05) is 13.1 Å². The first kappa shape index (κ1) is 12.1. The number of hydrogen-bond acceptors (Lipinski definition) is 4. The van der Waals surface area contributed by atoms with E-state index in [0.717, 1.165) is 12.8 Å². The second kappa shape index (κ2) is 5.22. The van der Waals surface area contributed by atoms with Crippen molar-refractivity contribution in [2.24, 2.45) is 0 Å². The minimum absolute atomic E-state index is 0.0430. The van der Waals surface area contributed by atoms with Crippen molar-refractivity contribution in [1.82, 2.24) is 9.03 Å². The van der Waals surface area contributed by atoms with Crippen molar-refractivity contribution in [3.05, 3.63) is 0 Å². The van der Waals surface area contributed by atoms with Gasteiger partial charge in [-0.1, -0.05) is 0 Å². The maximum absolute atomic E-state index is 11.5. The number of carbonyl (C=O) groups excluding carboxylic acids is 2. The summed E-state index contributed by atoms with van der Waals surface area (Å²) in [7, 11) is -3.67. The maximum Gasteiger partial charge on any atom is 0.303 e. The number of nitrogens with one attached hydrogen (secondary N) is 1. The standard InChI is InChI=1S/C8H14N2O4S/c11-7-3-4-8(12)9-15(13,14)10-5-1-2-6-10/h7H,1-6H2,(H,9,12). The predicted molar refractivity (Wildman–Crippen MR) is 53.2 cm³/mol. The van der Waals surface area contributed by atoms with Crippen molar-refractivity contribution in [2.45, 2.75) is 25.7 Å². The van der Waals surface area contributed by atoms with E-state index in [1.165, 1.54) is 4.31 Å². The van der Waals surface area contributed by atoms with Crippen molar-refractivity contribution in [1.29, 1.82) is 0 Å². The summed E-state index contributed by atoms with van der Waals surface area (Å²) in [5.74, 6) is -0.631. The van der Waals surface area contributed by atoms with Gasteiger partial charge < -0.3 is 4.79 Å². The van der Waals surface area contributed by atoms with Gasteiger partial charge in [0.25, 0.3) is 0 Å². The van der Waals surface area contributed by atoms with Gasteiger partial charge in [0.05, 0.1) is 0 Å². The van der Waals surface area contributed by atoms with Crippen LogP contribution >= 0.6 is 0 Å². The summed E-state index contributed by atoms with van der Waals surface area (Å²) in [5, 5.41) is 0. The van der Waals surface area contributed by atoms with E-state index in [4.69, 9.17) is 0 Å². The van der Waals surface area contributed by atoms with Crippen molar-refractivity contribution in [3.63, 3.8) is 0 Å². The number of amides is 1. The van der Waals surface area contributed by atoms with Gasteiger partial charge in [-0.25, -0.2) is 4.72 Å². The molecule has 1 rings (SSSR count). The lowest BCUT2D eigenvalue weighted by atomic mass is 10.3. The molecule has 0 aromatic carbocycles. The average Bonchev–Trinajstić information content (AvgIpc) is 2.67. The molecular weight excluding hydrogens is 220 g/mol. The van der Waals surface area contributed by atoms with Crippen LogP contribution in [0.4, 0.5) is 0 Å². The van der Waals surface area contributed by atoms with Crippen molar-refractivity contribution >= 4 is 22.4 Å². The van der Waals surface area contributed by atoms with Crippen LogP contribution in [0.2, 0.25) is 0 Å². The van der Waals surface area contributed by atoms with Gasteiger partial charge >= 0.3 is 10.2 Å². The highest BCUT2D eigenvalue weighted by atomic mass is 32.2. The highest BCUT2D eigenvalue weighted by molar-refractivity contribution is 7.87. The van der Waals surface area contributed by atoms with Gasteiger partial charge in [-0.05, 0) is 12.8 Å². The first-order chi connectivity index (χ1) is 7.06. The summed E-state index contributed by atoms with van der Waals surface area (Å²) in [6.45, 7) is 0.909. The molecule has 1 saturated heterocycles. The molecule has 1 N–H and O–H groups in total. The molecule has 1 amide bonds. The molecule has 0 aromatic heterocycles. The molecule has 0 saturated carbocycles. The fraction of sp³-hybridized carbons (Fsp3) is 0.750. The van der Waals surface area contributed by atoms with Crippen LogP contribution in [0.5, 0.6) is 0 Å². The number of nitrogens with zero attached hydrogens (tertiary/aromatic N) is 1. The molecule has 0 aliphatic carbocycles. The summed E-state index contributed by atoms with van der Waals surface area (Å²) in [6.07, 6.45) is 2.19. The maximum atomic E-state index is 11.5. The second-order valence-corrected chi connectivity index (χ2v) is 5.01. The predicted octanol–water partition coefficient (Wildman–Crippen LogP) is -0.578. The number of hydrogen-bond donors (Lipinski definition) is 1. The molecular formula is C8H14N2O4S. The van der Waals surface area contributed by atoms with E-state index in [1.54, 1.807) is 0 Å². The molecule has 1 fully saturated rings. The Morgan fingerprint density at radius 1 is 1.33 bits per heavy atom. The zero-order valence-electron chi connectivity index (χ0n) is 8.31. The molecule has 0 unspecified atom stereocenters. The Bertz CT molecular complexity index is 333. The molecule has 86 valence electrons. The highest BCUT2D eigenvalue weighted by Crippen LogP contribution is 2.11. The fourth-order valence-corrected chi connectivity index (χ4v) is 2.64. The Kier molecular flexibility index (Phi) is 4.22. The largest absolute Gasteiger partial charge is 0.303 e. The fourth-order valence-electron chi connectivity index (χ4n) is 1.38. The zero-order valence-corrected chi connectivity index (χ0v) is 9.12. The lowest BCUT2D eigenvalue weighted by Crippen LogP contribution is -2.41. The minimum Gasteiger partial charge on any atom is -0.303 e. The Hall–Kier alpha value is -0.950. The van der Waals surface area contributed by atoms with E-state index in [0.29, 0.717) is 19.4 Å². The topological polar surface area (TPSA) is 83.5 Å². The molecule has 6 nitrogen and oxygen atoms in total.